The maximum Gasteiger partial charge on any atom is 0.146 e. The summed E-state index contributed by atoms with van der Waals surface area (Å²) in [6, 6.07) is 5.48. The fourth-order valence-electron chi connectivity index (χ4n) is 1.39. The minimum absolute atomic E-state index is 0.339. The van der Waals surface area contributed by atoms with Crippen LogP contribution in [0, 0.1) is 11.3 Å². The standard InChI is InChI=1S/C11H10ClN5/c1-17-5-3-9(16-17)7-15-11-10(12)8(6-13)2-4-14-11/h2-5H,7H2,1H3,(H,14,15). The first-order valence-electron chi connectivity index (χ1n) is 4.97. The lowest BCUT2D eigenvalue weighted by atomic mass is 10.3. The van der Waals surface area contributed by atoms with Gasteiger partial charge in [-0.15, -0.1) is 0 Å². The number of halogens is 1. The average molecular weight is 248 g/mol. The van der Waals surface area contributed by atoms with Crippen LogP contribution >= 0.6 is 11.6 Å². The van der Waals surface area contributed by atoms with Gasteiger partial charge >= 0.3 is 0 Å². The van der Waals surface area contributed by atoms with Crippen molar-refractivity contribution in [2.24, 2.45) is 7.05 Å². The Kier molecular flexibility index (Phi) is 3.26. The molecular formula is C11H10ClN5. The molecular weight excluding hydrogens is 238 g/mol. The summed E-state index contributed by atoms with van der Waals surface area (Å²) in [5.41, 5.74) is 1.29. The van der Waals surface area contributed by atoms with Gasteiger partial charge in [-0.2, -0.15) is 10.4 Å². The van der Waals surface area contributed by atoms with E-state index in [9.17, 15) is 0 Å². The van der Waals surface area contributed by atoms with Crippen molar-refractivity contribution in [1.82, 2.24) is 14.8 Å². The first kappa shape index (κ1) is 11.4. The van der Waals surface area contributed by atoms with Gasteiger partial charge in [-0.05, 0) is 12.1 Å². The highest BCUT2D eigenvalue weighted by molar-refractivity contribution is 6.34. The molecule has 17 heavy (non-hydrogen) atoms. The summed E-state index contributed by atoms with van der Waals surface area (Å²) >= 11 is 6.01. The van der Waals surface area contributed by atoms with Crippen molar-refractivity contribution in [2.45, 2.75) is 6.54 Å². The van der Waals surface area contributed by atoms with Crippen LogP contribution in [0.25, 0.3) is 0 Å². The van der Waals surface area contributed by atoms with E-state index in [4.69, 9.17) is 16.9 Å². The van der Waals surface area contributed by atoms with Crippen LogP contribution in [0.5, 0.6) is 0 Å². The van der Waals surface area contributed by atoms with E-state index in [1.807, 2.05) is 25.4 Å². The smallest absolute Gasteiger partial charge is 0.146 e. The Balaban J connectivity index is 2.12. The van der Waals surface area contributed by atoms with E-state index in [0.717, 1.165) is 5.69 Å². The van der Waals surface area contributed by atoms with Crippen molar-refractivity contribution < 1.29 is 0 Å². The molecule has 1 N–H and O–H groups in total. The number of hydrogen-bond acceptors (Lipinski definition) is 4. The van der Waals surface area contributed by atoms with E-state index in [1.54, 1.807) is 16.9 Å². The van der Waals surface area contributed by atoms with Crippen LogP contribution in [0.1, 0.15) is 11.3 Å². The van der Waals surface area contributed by atoms with Crippen LogP contribution in [0.4, 0.5) is 5.82 Å². The Morgan fingerprint density at radius 2 is 2.35 bits per heavy atom. The molecule has 6 heteroatoms. The molecule has 2 aromatic heterocycles. The molecule has 2 heterocycles. The molecule has 0 saturated carbocycles. The molecule has 86 valence electrons. The molecule has 0 radical (unpaired) electrons. The van der Waals surface area contributed by atoms with E-state index in [0.29, 0.717) is 22.9 Å². The van der Waals surface area contributed by atoms with Gasteiger partial charge in [0, 0.05) is 19.4 Å². The first-order chi connectivity index (χ1) is 8.20. The van der Waals surface area contributed by atoms with Gasteiger partial charge in [0.15, 0.2) is 0 Å². The molecule has 0 aliphatic rings. The molecule has 0 saturated heterocycles. The SMILES string of the molecule is Cn1ccc(CNc2nccc(C#N)c2Cl)n1. The van der Waals surface area contributed by atoms with Crippen molar-refractivity contribution in [3.05, 3.63) is 40.8 Å². The zero-order valence-electron chi connectivity index (χ0n) is 9.18. The number of aromatic nitrogens is 3. The zero-order valence-corrected chi connectivity index (χ0v) is 9.94. The lowest BCUT2D eigenvalue weighted by molar-refractivity contribution is 0.747. The normalized spacial score (nSPS) is 9.94. The fourth-order valence-corrected chi connectivity index (χ4v) is 1.61. The average Bonchev–Trinajstić information content (AvgIpc) is 2.74. The Bertz CT molecular complexity index is 569. The van der Waals surface area contributed by atoms with Gasteiger partial charge in [0.2, 0.25) is 0 Å². The van der Waals surface area contributed by atoms with Crippen molar-refractivity contribution in [2.75, 3.05) is 5.32 Å². The summed E-state index contributed by atoms with van der Waals surface area (Å²) in [5, 5.41) is 16.4. The number of hydrogen-bond donors (Lipinski definition) is 1. The third kappa shape index (κ3) is 2.55. The minimum Gasteiger partial charge on any atom is -0.363 e. The maximum atomic E-state index is 8.83. The highest BCUT2D eigenvalue weighted by Gasteiger charge is 2.07. The predicted molar refractivity (Wildman–Crippen MR) is 64.5 cm³/mol. The van der Waals surface area contributed by atoms with Gasteiger partial charge < -0.3 is 5.32 Å². The van der Waals surface area contributed by atoms with Gasteiger partial charge in [-0.25, -0.2) is 4.98 Å². The van der Waals surface area contributed by atoms with Crippen molar-refractivity contribution in [1.29, 1.82) is 5.26 Å². The molecule has 0 spiro atoms. The van der Waals surface area contributed by atoms with E-state index < -0.39 is 0 Å². The molecule has 2 aromatic rings. The fraction of sp³-hybridized carbons (Fsp3) is 0.182. The minimum atomic E-state index is 0.339. The van der Waals surface area contributed by atoms with Gasteiger partial charge in [0.1, 0.15) is 16.9 Å². The predicted octanol–water partition coefficient (Wildman–Crippen LogP) is 1.95. The van der Waals surface area contributed by atoms with Crippen LogP contribution in [-0.4, -0.2) is 14.8 Å². The highest BCUT2D eigenvalue weighted by atomic mass is 35.5. The number of rotatable bonds is 3. The van der Waals surface area contributed by atoms with Crippen LogP contribution in [0.3, 0.4) is 0 Å². The van der Waals surface area contributed by atoms with Gasteiger partial charge in [-0.1, -0.05) is 11.6 Å². The molecule has 0 unspecified atom stereocenters. The van der Waals surface area contributed by atoms with Crippen LogP contribution in [0.15, 0.2) is 24.5 Å². The van der Waals surface area contributed by atoms with Gasteiger partial charge in [-0.3, -0.25) is 4.68 Å². The summed E-state index contributed by atoms with van der Waals surface area (Å²) in [5.74, 6) is 0.497. The molecule has 0 fully saturated rings. The second-order valence-electron chi connectivity index (χ2n) is 3.47. The monoisotopic (exact) mass is 247 g/mol. The molecule has 5 nitrogen and oxygen atoms in total. The van der Waals surface area contributed by atoms with E-state index in [2.05, 4.69) is 15.4 Å². The van der Waals surface area contributed by atoms with E-state index in [-0.39, 0.29) is 0 Å². The van der Waals surface area contributed by atoms with Crippen molar-refractivity contribution in [3.63, 3.8) is 0 Å². The Morgan fingerprint density at radius 3 is 3.00 bits per heavy atom. The van der Waals surface area contributed by atoms with Crippen molar-refractivity contribution >= 4 is 17.4 Å². The van der Waals surface area contributed by atoms with Gasteiger partial charge in [0.05, 0.1) is 17.8 Å². The van der Waals surface area contributed by atoms with E-state index in [1.165, 1.54) is 0 Å². The Labute approximate surface area is 104 Å². The van der Waals surface area contributed by atoms with Crippen LogP contribution < -0.4 is 5.32 Å². The largest absolute Gasteiger partial charge is 0.363 e. The second kappa shape index (κ2) is 4.85. The summed E-state index contributed by atoms with van der Waals surface area (Å²) in [7, 11) is 1.85. The van der Waals surface area contributed by atoms with Crippen LogP contribution in [-0.2, 0) is 13.6 Å². The number of aryl methyl sites for hydroxylation is 1. The van der Waals surface area contributed by atoms with Gasteiger partial charge in [0.25, 0.3) is 0 Å². The number of nitrogens with zero attached hydrogens (tertiary/aromatic N) is 4. The molecule has 0 aliphatic carbocycles. The number of pyridine rings is 1. The summed E-state index contributed by atoms with van der Waals surface area (Å²) in [6.07, 6.45) is 3.41. The molecule has 0 amide bonds. The third-order valence-electron chi connectivity index (χ3n) is 2.22. The van der Waals surface area contributed by atoms with E-state index >= 15 is 0 Å². The zero-order chi connectivity index (χ0) is 12.3. The topological polar surface area (TPSA) is 66.5 Å². The lowest BCUT2D eigenvalue weighted by Gasteiger charge is -2.06. The third-order valence-corrected chi connectivity index (χ3v) is 2.60. The highest BCUT2D eigenvalue weighted by Crippen LogP contribution is 2.22. The first-order valence-corrected chi connectivity index (χ1v) is 5.35. The quantitative estimate of drug-likeness (QED) is 0.900. The maximum absolute atomic E-state index is 8.83. The summed E-state index contributed by atoms with van der Waals surface area (Å²) in [6.45, 7) is 0.516. The number of nitrogens with one attached hydrogen (secondary N) is 1. The summed E-state index contributed by atoms with van der Waals surface area (Å²) < 4.78 is 1.72. The lowest BCUT2D eigenvalue weighted by Crippen LogP contribution is -2.03. The van der Waals surface area contributed by atoms with Crippen molar-refractivity contribution in [3.8, 4) is 6.07 Å². The molecule has 0 atom stereocenters. The second-order valence-corrected chi connectivity index (χ2v) is 3.85. The molecule has 0 aliphatic heterocycles. The Hall–Kier alpha value is -2.06. The Morgan fingerprint density at radius 1 is 1.53 bits per heavy atom. The molecule has 2 rings (SSSR count). The molecule has 0 aromatic carbocycles. The van der Waals surface area contributed by atoms with Crippen LogP contribution in [0.2, 0.25) is 5.02 Å². The number of anilines is 1. The molecule has 0 bridgehead atoms. The summed E-state index contributed by atoms with van der Waals surface area (Å²) in [4.78, 5) is 4.08. The number of nitriles is 1.